The van der Waals surface area contributed by atoms with Crippen molar-refractivity contribution in [1.29, 1.82) is 0 Å². The van der Waals surface area contributed by atoms with E-state index in [0.29, 0.717) is 11.8 Å². The highest BCUT2D eigenvalue weighted by molar-refractivity contribution is 5.79. The average Bonchev–Trinajstić information content (AvgIpc) is 2.70. The third-order valence-corrected chi connectivity index (χ3v) is 3.90. The molecule has 5 nitrogen and oxygen atoms in total. The lowest BCUT2D eigenvalue weighted by Gasteiger charge is -2.12. The fourth-order valence-corrected chi connectivity index (χ4v) is 2.78. The molecule has 1 unspecified atom stereocenters. The number of imidazole rings is 1. The van der Waals surface area contributed by atoms with Crippen LogP contribution in [-0.2, 0) is 0 Å². The van der Waals surface area contributed by atoms with Crippen LogP contribution in [0.25, 0.3) is 11.0 Å². The molecule has 0 aliphatic carbocycles. The second kappa shape index (κ2) is 5.71. The summed E-state index contributed by atoms with van der Waals surface area (Å²) in [6.07, 6.45) is 4.93. The molecule has 1 aliphatic rings. The number of ether oxygens (including phenoxy) is 2. The Morgan fingerprint density at radius 1 is 1.10 bits per heavy atom. The SMILES string of the molecule is COc1cc2nc(C3CCCCCN3)[nH]c2cc1OC. The lowest BCUT2D eigenvalue weighted by atomic mass is 10.1. The van der Waals surface area contributed by atoms with Crippen LogP contribution in [0.3, 0.4) is 0 Å². The van der Waals surface area contributed by atoms with Crippen molar-refractivity contribution in [3.05, 3.63) is 18.0 Å². The number of hydrogen-bond acceptors (Lipinski definition) is 4. The van der Waals surface area contributed by atoms with Crippen molar-refractivity contribution in [1.82, 2.24) is 15.3 Å². The van der Waals surface area contributed by atoms with Crippen LogP contribution in [0.4, 0.5) is 0 Å². The molecule has 2 aromatic rings. The van der Waals surface area contributed by atoms with Gasteiger partial charge in [-0.05, 0) is 19.4 Å². The Hall–Kier alpha value is -1.75. The summed E-state index contributed by atoms with van der Waals surface area (Å²) in [7, 11) is 3.29. The minimum absolute atomic E-state index is 0.321. The van der Waals surface area contributed by atoms with Gasteiger partial charge in [0.1, 0.15) is 5.82 Å². The molecule has 108 valence electrons. The zero-order valence-corrected chi connectivity index (χ0v) is 12.0. The van der Waals surface area contributed by atoms with E-state index >= 15 is 0 Å². The van der Waals surface area contributed by atoms with Crippen molar-refractivity contribution < 1.29 is 9.47 Å². The number of aromatic amines is 1. The van der Waals surface area contributed by atoms with Crippen molar-refractivity contribution in [3.8, 4) is 11.5 Å². The fourth-order valence-electron chi connectivity index (χ4n) is 2.78. The van der Waals surface area contributed by atoms with E-state index in [-0.39, 0.29) is 0 Å². The molecular weight excluding hydrogens is 254 g/mol. The number of methoxy groups -OCH3 is 2. The van der Waals surface area contributed by atoms with Crippen molar-refractivity contribution in [2.24, 2.45) is 0 Å². The number of hydrogen-bond donors (Lipinski definition) is 2. The van der Waals surface area contributed by atoms with Crippen molar-refractivity contribution in [3.63, 3.8) is 0 Å². The highest BCUT2D eigenvalue weighted by atomic mass is 16.5. The van der Waals surface area contributed by atoms with E-state index in [2.05, 4.69) is 10.3 Å². The number of fused-ring (bicyclic) bond motifs is 1. The Bertz CT molecular complexity index is 545. The summed E-state index contributed by atoms with van der Waals surface area (Å²) in [5, 5.41) is 3.56. The predicted molar refractivity (Wildman–Crippen MR) is 78.4 cm³/mol. The quantitative estimate of drug-likeness (QED) is 0.904. The smallest absolute Gasteiger partial charge is 0.163 e. The van der Waals surface area contributed by atoms with Crippen LogP contribution in [0.5, 0.6) is 11.5 Å². The van der Waals surface area contributed by atoms with E-state index in [9.17, 15) is 0 Å². The minimum atomic E-state index is 0.321. The minimum Gasteiger partial charge on any atom is -0.493 e. The van der Waals surface area contributed by atoms with Crippen molar-refractivity contribution >= 4 is 11.0 Å². The maximum atomic E-state index is 5.33. The lowest BCUT2D eigenvalue weighted by molar-refractivity contribution is 0.356. The van der Waals surface area contributed by atoms with Crippen LogP contribution in [0.15, 0.2) is 12.1 Å². The maximum absolute atomic E-state index is 5.33. The number of aromatic nitrogens is 2. The molecule has 1 saturated heterocycles. The molecule has 2 heterocycles. The Kier molecular flexibility index (Phi) is 3.78. The molecular formula is C15H21N3O2. The van der Waals surface area contributed by atoms with Crippen LogP contribution >= 0.6 is 0 Å². The van der Waals surface area contributed by atoms with Crippen LogP contribution in [-0.4, -0.2) is 30.7 Å². The first kappa shape index (κ1) is 13.2. The Morgan fingerprint density at radius 2 is 1.90 bits per heavy atom. The summed E-state index contributed by atoms with van der Waals surface area (Å²) in [6.45, 7) is 1.06. The molecule has 0 bridgehead atoms. The summed E-state index contributed by atoms with van der Waals surface area (Å²) in [5.41, 5.74) is 1.91. The molecule has 0 radical (unpaired) electrons. The zero-order valence-electron chi connectivity index (χ0n) is 12.0. The van der Waals surface area contributed by atoms with Gasteiger partial charge in [-0.15, -0.1) is 0 Å². The van der Waals surface area contributed by atoms with Gasteiger partial charge in [0, 0.05) is 12.1 Å². The van der Waals surface area contributed by atoms with Gasteiger partial charge in [0.25, 0.3) is 0 Å². The molecule has 0 spiro atoms. The Morgan fingerprint density at radius 3 is 2.70 bits per heavy atom. The standard InChI is InChI=1S/C15H21N3O2/c1-19-13-8-11-12(9-14(13)20-2)18-15(17-11)10-6-4-3-5-7-16-10/h8-10,16H,3-7H2,1-2H3,(H,17,18). The van der Waals surface area contributed by atoms with E-state index in [1.165, 1.54) is 19.3 Å². The highest BCUT2D eigenvalue weighted by Crippen LogP contribution is 2.32. The van der Waals surface area contributed by atoms with E-state index in [4.69, 9.17) is 14.5 Å². The normalized spacial score (nSPS) is 19.8. The number of nitrogens with zero attached hydrogens (tertiary/aromatic N) is 1. The molecule has 1 aromatic heterocycles. The largest absolute Gasteiger partial charge is 0.493 e. The van der Waals surface area contributed by atoms with Gasteiger partial charge >= 0.3 is 0 Å². The summed E-state index contributed by atoms with van der Waals surface area (Å²) in [6, 6.07) is 4.19. The molecule has 2 N–H and O–H groups in total. The van der Waals surface area contributed by atoms with E-state index < -0.39 is 0 Å². The van der Waals surface area contributed by atoms with Gasteiger partial charge in [-0.1, -0.05) is 12.8 Å². The number of nitrogens with one attached hydrogen (secondary N) is 2. The molecule has 0 amide bonds. The molecule has 1 aromatic carbocycles. The third kappa shape index (κ3) is 2.45. The zero-order chi connectivity index (χ0) is 13.9. The number of H-pyrrole nitrogens is 1. The van der Waals surface area contributed by atoms with Gasteiger partial charge < -0.3 is 19.8 Å². The van der Waals surface area contributed by atoms with Gasteiger partial charge in [-0.3, -0.25) is 0 Å². The van der Waals surface area contributed by atoms with Crippen LogP contribution in [0.2, 0.25) is 0 Å². The number of benzene rings is 1. The summed E-state index contributed by atoms with van der Waals surface area (Å²) >= 11 is 0. The van der Waals surface area contributed by atoms with E-state index in [1.807, 2.05) is 12.1 Å². The topological polar surface area (TPSA) is 59.2 Å². The van der Waals surface area contributed by atoms with Crippen LogP contribution in [0.1, 0.15) is 37.5 Å². The molecule has 20 heavy (non-hydrogen) atoms. The van der Waals surface area contributed by atoms with E-state index in [0.717, 1.165) is 35.6 Å². The molecule has 0 saturated carbocycles. The van der Waals surface area contributed by atoms with Crippen LogP contribution < -0.4 is 14.8 Å². The van der Waals surface area contributed by atoms with Crippen molar-refractivity contribution in [2.75, 3.05) is 20.8 Å². The highest BCUT2D eigenvalue weighted by Gasteiger charge is 2.18. The monoisotopic (exact) mass is 275 g/mol. The van der Waals surface area contributed by atoms with E-state index in [1.54, 1.807) is 14.2 Å². The van der Waals surface area contributed by atoms with Crippen LogP contribution in [0, 0.1) is 0 Å². The molecule has 3 rings (SSSR count). The average molecular weight is 275 g/mol. The predicted octanol–water partition coefficient (Wildman–Crippen LogP) is 2.78. The van der Waals surface area contributed by atoms with Gasteiger partial charge in [-0.25, -0.2) is 4.98 Å². The fraction of sp³-hybridized carbons (Fsp3) is 0.533. The second-order valence-electron chi connectivity index (χ2n) is 5.20. The Labute approximate surface area is 118 Å². The lowest BCUT2D eigenvalue weighted by Crippen LogP contribution is -2.21. The third-order valence-electron chi connectivity index (χ3n) is 3.90. The molecule has 1 fully saturated rings. The second-order valence-corrected chi connectivity index (χ2v) is 5.20. The first-order valence-corrected chi connectivity index (χ1v) is 7.17. The van der Waals surface area contributed by atoms with Crippen molar-refractivity contribution in [2.45, 2.75) is 31.7 Å². The van der Waals surface area contributed by atoms with Gasteiger partial charge in [-0.2, -0.15) is 0 Å². The van der Waals surface area contributed by atoms with Gasteiger partial charge in [0.15, 0.2) is 11.5 Å². The molecule has 5 heteroatoms. The first-order valence-electron chi connectivity index (χ1n) is 7.17. The van der Waals surface area contributed by atoms with Gasteiger partial charge in [0.05, 0.1) is 31.3 Å². The summed E-state index contributed by atoms with van der Waals surface area (Å²) in [5.74, 6) is 2.45. The first-order chi connectivity index (χ1) is 9.81. The Balaban J connectivity index is 1.96. The summed E-state index contributed by atoms with van der Waals surface area (Å²) in [4.78, 5) is 8.12. The number of rotatable bonds is 3. The van der Waals surface area contributed by atoms with Gasteiger partial charge in [0.2, 0.25) is 0 Å². The molecule has 1 atom stereocenters. The summed E-state index contributed by atoms with van der Waals surface area (Å²) < 4.78 is 10.7. The maximum Gasteiger partial charge on any atom is 0.163 e. The molecule has 1 aliphatic heterocycles.